The molecule has 0 fully saturated rings. The van der Waals surface area contributed by atoms with E-state index in [1.807, 2.05) is 31.2 Å². The molecular weight excluding hydrogens is 264 g/mol. The summed E-state index contributed by atoms with van der Waals surface area (Å²) in [6.45, 7) is 5.50. The first kappa shape index (κ1) is 17.5. The van der Waals surface area contributed by atoms with E-state index in [1.54, 1.807) is 0 Å². The number of nitriles is 1. The number of hydrogen-bond acceptors (Lipinski definition) is 4. The van der Waals surface area contributed by atoms with Gasteiger partial charge in [0.05, 0.1) is 19.3 Å². The summed E-state index contributed by atoms with van der Waals surface area (Å²) in [5.41, 5.74) is 0.364. The maximum absolute atomic E-state index is 9.24. The van der Waals surface area contributed by atoms with E-state index in [0.29, 0.717) is 6.61 Å². The van der Waals surface area contributed by atoms with Crippen molar-refractivity contribution >= 4 is 0 Å². The molecule has 0 aliphatic heterocycles. The Morgan fingerprint density at radius 1 is 1.33 bits per heavy atom. The van der Waals surface area contributed by atoms with Crippen molar-refractivity contribution in [2.45, 2.75) is 51.7 Å². The maximum atomic E-state index is 9.24. The highest BCUT2D eigenvalue weighted by atomic mass is 16.5. The van der Waals surface area contributed by atoms with Crippen molar-refractivity contribution in [1.29, 1.82) is 5.26 Å². The van der Waals surface area contributed by atoms with Crippen molar-refractivity contribution in [3.05, 3.63) is 29.8 Å². The molecule has 4 nitrogen and oxygen atoms in total. The van der Waals surface area contributed by atoms with Crippen LogP contribution in [0.2, 0.25) is 0 Å². The van der Waals surface area contributed by atoms with E-state index in [4.69, 9.17) is 4.74 Å². The van der Waals surface area contributed by atoms with Crippen molar-refractivity contribution in [1.82, 2.24) is 5.32 Å². The van der Waals surface area contributed by atoms with Crippen LogP contribution in [-0.4, -0.2) is 23.8 Å². The molecule has 1 rings (SSSR count). The van der Waals surface area contributed by atoms with Gasteiger partial charge < -0.3 is 9.84 Å². The number of nitrogens with one attached hydrogen (secondary N) is 1. The Bertz CT molecular complexity index is 456. The van der Waals surface area contributed by atoms with Gasteiger partial charge in [-0.1, -0.05) is 25.1 Å². The highest BCUT2D eigenvalue weighted by Crippen LogP contribution is 2.19. The van der Waals surface area contributed by atoms with Crippen LogP contribution in [0.25, 0.3) is 0 Å². The lowest BCUT2D eigenvalue weighted by atomic mass is 9.96. The monoisotopic (exact) mass is 290 g/mol. The lowest BCUT2D eigenvalue weighted by Gasteiger charge is -2.23. The summed E-state index contributed by atoms with van der Waals surface area (Å²) in [5, 5.41) is 21.7. The summed E-state index contributed by atoms with van der Waals surface area (Å²) in [5.74, 6) is 0.743. The first-order valence-electron chi connectivity index (χ1n) is 7.63. The second-order valence-corrected chi connectivity index (χ2v) is 5.44. The molecule has 0 spiro atoms. The number of aliphatic hydroxyl groups excluding tert-OH is 1. The molecule has 1 aromatic carbocycles. The second kappa shape index (κ2) is 9.38. The van der Waals surface area contributed by atoms with Crippen LogP contribution >= 0.6 is 0 Å². The van der Waals surface area contributed by atoms with Crippen LogP contribution in [0.5, 0.6) is 5.75 Å². The minimum Gasteiger partial charge on any atom is -0.493 e. The molecule has 0 aliphatic rings. The summed E-state index contributed by atoms with van der Waals surface area (Å²) in [7, 11) is 0. The van der Waals surface area contributed by atoms with Gasteiger partial charge in [-0.05, 0) is 45.2 Å². The van der Waals surface area contributed by atoms with Gasteiger partial charge in [0.25, 0.3) is 0 Å². The number of nitrogens with zero attached hydrogens (tertiary/aromatic N) is 1. The SMILES string of the molecule is CCCNC(C)(C#N)CCCCOc1ccccc1CO. The zero-order valence-corrected chi connectivity index (χ0v) is 13.1. The third-order valence-electron chi connectivity index (χ3n) is 3.48. The van der Waals surface area contributed by atoms with E-state index in [-0.39, 0.29) is 6.61 Å². The van der Waals surface area contributed by atoms with Gasteiger partial charge in [0, 0.05) is 5.56 Å². The Morgan fingerprint density at radius 3 is 2.76 bits per heavy atom. The van der Waals surface area contributed by atoms with Gasteiger partial charge in [-0.3, -0.25) is 5.32 Å². The van der Waals surface area contributed by atoms with Crippen molar-refractivity contribution in [3.63, 3.8) is 0 Å². The molecule has 0 saturated heterocycles. The molecule has 2 N–H and O–H groups in total. The summed E-state index contributed by atoms with van der Waals surface area (Å²) in [4.78, 5) is 0. The number of rotatable bonds is 10. The molecule has 116 valence electrons. The molecule has 0 radical (unpaired) electrons. The van der Waals surface area contributed by atoms with E-state index in [1.165, 1.54) is 0 Å². The van der Waals surface area contributed by atoms with E-state index in [0.717, 1.165) is 43.5 Å². The summed E-state index contributed by atoms with van der Waals surface area (Å²) in [6, 6.07) is 9.87. The molecule has 0 aliphatic carbocycles. The van der Waals surface area contributed by atoms with Gasteiger partial charge in [0.1, 0.15) is 11.3 Å². The van der Waals surface area contributed by atoms with Gasteiger partial charge in [-0.25, -0.2) is 0 Å². The molecule has 1 atom stereocenters. The molecule has 0 amide bonds. The fraction of sp³-hybridized carbons (Fsp3) is 0.588. The predicted octanol–water partition coefficient (Wildman–Crippen LogP) is 3.01. The fourth-order valence-corrected chi connectivity index (χ4v) is 2.12. The van der Waals surface area contributed by atoms with E-state index in [9.17, 15) is 10.4 Å². The third-order valence-corrected chi connectivity index (χ3v) is 3.48. The predicted molar refractivity (Wildman–Crippen MR) is 84.0 cm³/mol. The largest absolute Gasteiger partial charge is 0.493 e. The van der Waals surface area contributed by atoms with Gasteiger partial charge in [0.2, 0.25) is 0 Å². The summed E-state index contributed by atoms with van der Waals surface area (Å²) >= 11 is 0. The molecule has 21 heavy (non-hydrogen) atoms. The molecule has 0 bridgehead atoms. The minimum atomic E-state index is -0.445. The Labute approximate surface area is 127 Å². The van der Waals surface area contributed by atoms with Crippen LogP contribution in [0.1, 0.15) is 45.1 Å². The number of unbranched alkanes of at least 4 members (excludes halogenated alkanes) is 1. The van der Waals surface area contributed by atoms with Crippen LogP contribution in [0.15, 0.2) is 24.3 Å². The quantitative estimate of drug-likeness (QED) is 0.650. The number of benzene rings is 1. The Morgan fingerprint density at radius 2 is 2.10 bits per heavy atom. The number of ether oxygens (including phenoxy) is 1. The van der Waals surface area contributed by atoms with Gasteiger partial charge in [-0.2, -0.15) is 5.26 Å². The van der Waals surface area contributed by atoms with Gasteiger partial charge in [0.15, 0.2) is 0 Å². The van der Waals surface area contributed by atoms with E-state index >= 15 is 0 Å². The smallest absolute Gasteiger partial charge is 0.124 e. The molecule has 0 aromatic heterocycles. The van der Waals surface area contributed by atoms with Crippen molar-refractivity contribution in [2.75, 3.05) is 13.2 Å². The molecule has 1 aromatic rings. The van der Waals surface area contributed by atoms with E-state index in [2.05, 4.69) is 18.3 Å². The molecule has 4 heteroatoms. The average Bonchev–Trinajstić information content (AvgIpc) is 2.53. The number of hydrogen-bond donors (Lipinski definition) is 2. The van der Waals surface area contributed by atoms with E-state index < -0.39 is 5.54 Å². The lowest BCUT2D eigenvalue weighted by molar-refractivity contribution is 0.258. The highest BCUT2D eigenvalue weighted by molar-refractivity contribution is 5.32. The van der Waals surface area contributed by atoms with Crippen molar-refractivity contribution in [2.24, 2.45) is 0 Å². The number of aliphatic hydroxyl groups is 1. The van der Waals surface area contributed by atoms with Gasteiger partial charge in [-0.15, -0.1) is 0 Å². The van der Waals surface area contributed by atoms with Crippen LogP contribution in [0.3, 0.4) is 0 Å². The second-order valence-electron chi connectivity index (χ2n) is 5.44. The normalized spacial score (nSPS) is 13.4. The van der Waals surface area contributed by atoms with Crippen molar-refractivity contribution in [3.8, 4) is 11.8 Å². The summed E-state index contributed by atoms with van der Waals surface area (Å²) < 4.78 is 5.69. The number of para-hydroxylation sites is 1. The molecule has 0 saturated carbocycles. The Hall–Kier alpha value is -1.57. The first-order chi connectivity index (χ1) is 10.1. The van der Waals surface area contributed by atoms with Crippen LogP contribution in [0.4, 0.5) is 0 Å². The molecular formula is C17H26N2O2. The van der Waals surface area contributed by atoms with Crippen LogP contribution < -0.4 is 10.1 Å². The maximum Gasteiger partial charge on any atom is 0.124 e. The lowest BCUT2D eigenvalue weighted by Crippen LogP contribution is -2.41. The molecule has 1 unspecified atom stereocenters. The fourth-order valence-electron chi connectivity index (χ4n) is 2.12. The zero-order valence-electron chi connectivity index (χ0n) is 13.1. The third kappa shape index (κ3) is 6.16. The summed E-state index contributed by atoms with van der Waals surface area (Å²) in [6.07, 6.45) is 3.67. The van der Waals surface area contributed by atoms with Crippen LogP contribution in [-0.2, 0) is 6.61 Å². The average molecular weight is 290 g/mol. The molecule has 0 heterocycles. The zero-order chi connectivity index (χ0) is 15.6. The Kier molecular flexibility index (Phi) is 7.81. The van der Waals surface area contributed by atoms with Crippen LogP contribution in [0, 0.1) is 11.3 Å². The first-order valence-corrected chi connectivity index (χ1v) is 7.63. The standard InChI is InChI=1S/C17H26N2O2/c1-3-11-19-17(2,14-18)10-6-7-12-21-16-9-5-4-8-15(16)13-20/h4-5,8-9,19-20H,3,6-7,10-13H2,1-2H3. The minimum absolute atomic E-state index is 0.0103. The topological polar surface area (TPSA) is 65.3 Å². The Balaban J connectivity index is 2.29. The van der Waals surface area contributed by atoms with Crippen molar-refractivity contribution < 1.29 is 9.84 Å². The van der Waals surface area contributed by atoms with Gasteiger partial charge >= 0.3 is 0 Å². The highest BCUT2D eigenvalue weighted by Gasteiger charge is 2.21.